The van der Waals surface area contributed by atoms with Gasteiger partial charge in [-0.05, 0) is 70.5 Å². The third-order valence-corrected chi connectivity index (χ3v) is 6.06. The molecule has 0 N–H and O–H groups in total. The van der Waals surface area contributed by atoms with Gasteiger partial charge >= 0.3 is 0 Å². The molecule has 1 aromatic heterocycles. The Kier molecular flexibility index (Phi) is 6.50. The molecule has 1 aliphatic heterocycles. The first-order valence-corrected chi connectivity index (χ1v) is 11.1. The Morgan fingerprint density at radius 3 is 2.45 bits per heavy atom. The summed E-state index contributed by atoms with van der Waals surface area (Å²) in [6.45, 7) is 8.43. The minimum absolute atomic E-state index is 0.346. The zero-order valence-corrected chi connectivity index (χ0v) is 17.8. The van der Waals surface area contributed by atoms with E-state index in [0.29, 0.717) is 12.6 Å². The fourth-order valence-electron chi connectivity index (χ4n) is 4.34. The Hall–Kier alpha value is -2.33. The second-order valence-electron chi connectivity index (χ2n) is 8.25. The average molecular weight is 392 g/mol. The van der Waals surface area contributed by atoms with Gasteiger partial charge in [-0.2, -0.15) is 0 Å². The number of ether oxygens (including phenoxy) is 1. The molecule has 4 nitrogen and oxygen atoms in total. The first kappa shape index (κ1) is 20.0. The summed E-state index contributed by atoms with van der Waals surface area (Å²) in [5.41, 5.74) is 3.59. The van der Waals surface area contributed by atoms with Crippen LogP contribution < -0.4 is 4.74 Å². The van der Waals surface area contributed by atoms with E-state index in [9.17, 15) is 0 Å². The summed E-state index contributed by atoms with van der Waals surface area (Å²) in [5, 5.41) is 0. The fourth-order valence-corrected chi connectivity index (χ4v) is 4.34. The highest BCUT2D eigenvalue weighted by Crippen LogP contribution is 2.27. The van der Waals surface area contributed by atoms with Gasteiger partial charge in [-0.15, -0.1) is 0 Å². The van der Waals surface area contributed by atoms with E-state index < -0.39 is 0 Å². The summed E-state index contributed by atoms with van der Waals surface area (Å²) in [6, 6.07) is 17.2. The minimum Gasteiger partial charge on any atom is -0.494 e. The number of benzene rings is 2. The predicted octanol–water partition coefficient (Wildman–Crippen LogP) is 5.75. The summed E-state index contributed by atoms with van der Waals surface area (Å²) >= 11 is 0. The van der Waals surface area contributed by atoms with Crippen LogP contribution in [0.4, 0.5) is 0 Å². The van der Waals surface area contributed by atoms with Crippen LogP contribution in [0.15, 0.2) is 48.5 Å². The molecule has 0 saturated carbocycles. The number of nitrogens with zero attached hydrogens (tertiary/aromatic N) is 3. The second-order valence-corrected chi connectivity index (χ2v) is 8.25. The van der Waals surface area contributed by atoms with Gasteiger partial charge in [0, 0.05) is 6.54 Å². The molecule has 1 aliphatic rings. The molecule has 3 aromatic rings. The lowest BCUT2D eigenvalue weighted by Gasteiger charge is -2.27. The molecule has 0 radical (unpaired) electrons. The number of para-hydroxylation sites is 2. The quantitative estimate of drug-likeness (QED) is 0.480. The fraction of sp³-hybridized carbons (Fsp3) is 0.480. The summed E-state index contributed by atoms with van der Waals surface area (Å²) < 4.78 is 8.38. The Morgan fingerprint density at radius 1 is 0.966 bits per heavy atom. The molecule has 4 rings (SSSR count). The maximum Gasteiger partial charge on any atom is 0.127 e. The monoisotopic (exact) mass is 391 g/mol. The lowest BCUT2D eigenvalue weighted by molar-refractivity contribution is 0.206. The smallest absolute Gasteiger partial charge is 0.127 e. The van der Waals surface area contributed by atoms with Crippen LogP contribution >= 0.6 is 0 Å². The van der Waals surface area contributed by atoms with Crippen LogP contribution in [0.25, 0.3) is 11.0 Å². The van der Waals surface area contributed by atoms with Gasteiger partial charge < -0.3 is 9.30 Å². The van der Waals surface area contributed by atoms with Gasteiger partial charge in [0.2, 0.25) is 0 Å². The van der Waals surface area contributed by atoms with Crippen molar-refractivity contribution in [2.45, 2.75) is 58.5 Å². The highest BCUT2D eigenvalue weighted by molar-refractivity contribution is 5.76. The van der Waals surface area contributed by atoms with Crippen LogP contribution in [0.5, 0.6) is 5.75 Å². The topological polar surface area (TPSA) is 30.3 Å². The van der Waals surface area contributed by atoms with E-state index >= 15 is 0 Å². The molecular formula is C25H33N3O. The third-order valence-electron chi connectivity index (χ3n) is 6.06. The Balaban J connectivity index is 1.48. The van der Waals surface area contributed by atoms with Crippen LogP contribution in [0.1, 0.15) is 56.5 Å². The highest BCUT2D eigenvalue weighted by Gasteiger charge is 2.23. The molecule has 4 heteroatoms. The average Bonchev–Trinajstić information content (AvgIpc) is 2.90. The number of rotatable bonds is 7. The van der Waals surface area contributed by atoms with Crippen LogP contribution in [-0.4, -0.2) is 34.1 Å². The maximum atomic E-state index is 5.96. The standard InChI is InChI=1S/C25H33N3O/c1-20-12-14-22(15-13-20)29-19-9-18-28-24-11-6-5-10-23(24)26-25(28)21(2)27-16-7-3-4-8-17-27/h5-6,10-15,21H,3-4,7-9,16-19H2,1-2H3. The third kappa shape index (κ3) is 4.81. The SMILES string of the molecule is Cc1ccc(OCCCn2c(C(C)N3CCCCCC3)nc3ccccc32)cc1. The normalized spacial score (nSPS) is 16.6. The van der Waals surface area contributed by atoms with Gasteiger partial charge in [-0.1, -0.05) is 42.7 Å². The maximum absolute atomic E-state index is 5.96. The van der Waals surface area contributed by atoms with Gasteiger partial charge in [0.1, 0.15) is 11.6 Å². The zero-order chi connectivity index (χ0) is 20.1. The van der Waals surface area contributed by atoms with Crippen LogP contribution in [0.2, 0.25) is 0 Å². The molecule has 2 aromatic carbocycles. The van der Waals surface area contributed by atoms with Gasteiger partial charge in [0.25, 0.3) is 0 Å². The largest absolute Gasteiger partial charge is 0.494 e. The van der Waals surface area contributed by atoms with E-state index in [1.54, 1.807) is 0 Å². The highest BCUT2D eigenvalue weighted by atomic mass is 16.5. The zero-order valence-electron chi connectivity index (χ0n) is 17.8. The van der Waals surface area contributed by atoms with Gasteiger partial charge in [-0.25, -0.2) is 4.98 Å². The van der Waals surface area contributed by atoms with E-state index in [1.807, 2.05) is 0 Å². The van der Waals surface area contributed by atoms with Crippen molar-refractivity contribution in [2.24, 2.45) is 0 Å². The lowest BCUT2D eigenvalue weighted by atomic mass is 10.2. The van der Waals surface area contributed by atoms with E-state index in [-0.39, 0.29) is 0 Å². The number of fused-ring (bicyclic) bond motifs is 1. The van der Waals surface area contributed by atoms with Gasteiger partial charge in [-0.3, -0.25) is 4.90 Å². The van der Waals surface area contributed by atoms with Crippen molar-refractivity contribution < 1.29 is 4.74 Å². The number of imidazole rings is 1. The van der Waals surface area contributed by atoms with Gasteiger partial charge in [0.05, 0.1) is 23.7 Å². The number of aryl methyl sites for hydroxylation is 2. The van der Waals surface area contributed by atoms with E-state index in [4.69, 9.17) is 9.72 Å². The molecule has 29 heavy (non-hydrogen) atoms. The van der Waals surface area contributed by atoms with Crippen LogP contribution in [0.3, 0.4) is 0 Å². The predicted molar refractivity (Wildman–Crippen MR) is 119 cm³/mol. The first-order chi connectivity index (χ1) is 14.2. The van der Waals surface area contributed by atoms with Crippen molar-refractivity contribution in [2.75, 3.05) is 19.7 Å². The second kappa shape index (κ2) is 9.45. The number of hydrogen-bond donors (Lipinski definition) is 0. The van der Waals surface area contributed by atoms with Gasteiger partial charge in [0.15, 0.2) is 0 Å². The Bertz CT molecular complexity index is 907. The van der Waals surface area contributed by atoms with Crippen molar-refractivity contribution in [3.63, 3.8) is 0 Å². The van der Waals surface area contributed by atoms with Crippen LogP contribution in [-0.2, 0) is 6.54 Å². The summed E-state index contributed by atoms with van der Waals surface area (Å²) in [5.74, 6) is 2.15. The number of aromatic nitrogens is 2. The molecule has 0 aliphatic carbocycles. The Labute approximate surface area is 174 Å². The van der Waals surface area contributed by atoms with E-state index in [0.717, 1.165) is 24.2 Å². The van der Waals surface area contributed by atoms with Crippen molar-refractivity contribution in [1.82, 2.24) is 14.5 Å². The molecule has 154 valence electrons. The molecule has 1 unspecified atom stereocenters. The molecule has 1 fully saturated rings. The van der Waals surface area contributed by atoms with Crippen molar-refractivity contribution in [1.29, 1.82) is 0 Å². The summed E-state index contributed by atoms with van der Waals surface area (Å²) in [4.78, 5) is 7.66. The van der Waals surface area contributed by atoms with E-state index in [1.165, 1.54) is 55.7 Å². The van der Waals surface area contributed by atoms with E-state index in [2.05, 4.69) is 71.8 Å². The lowest BCUT2D eigenvalue weighted by Crippen LogP contribution is -2.30. The summed E-state index contributed by atoms with van der Waals surface area (Å²) in [7, 11) is 0. The molecule has 0 spiro atoms. The Morgan fingerprint density at radius 2 is 1.69 bits per heavy atom. The van der Waals surface area contributed by atoms with Crippen molar-refractivity contribution in [3.8, 4) is 5.75 Å². The minimum atomic E-state index is 0.346. The van der Waals surface area contributed by atoms with Crippen LogP contribution in [0, 0.1) is 6.92 Å². The van der Waals surface area contributed by atoms with Crippen molar-refractivity contribution >= 4 is 11.0 Å². The molecular weight excluding hydrogens is 358 g/mol. The molecule has 2 heterocycles. The number of likely N-dealkylation sites (tertiary alicyclic amines) is 1. The molecule has 0 bridgehead atoms. The molecule has 0 amide bonds. The first-order valence-electron chi connectivity index (χ1n) is 11.1. The molecule has 1 saturated heterocycles. The van der Waals surface area contributed by atoms with Crippen molar-refractivity contribution in [3.05, 3.63) is 59.9 Å². The number of hydrogen-bond acceptors (Lipinski definition) is 3. The summed E-state index contributed by atoms with van der Waals surface area (Å²) in [6.07, 6.45) is 6.28. The molecule has 1 atom stereocenters.